The average molecular weight is 343 g/mol. The summed E-state index contributed by atoms with van der Waals surface area (Å²) >= 11 is 0. The van der Waals surface area contributed by atoms with Gasteiger partial charge in [-0.15, -0.1) is 5.10 Å². The Morgan fingerprint density at radius 1 is 1.36 bits per heavy atom. The largest absolute Gasteiger partial charge is 0.379 e. The van der Waals surface area contributed by atoms with Crippen molar-refractivity contribution in [3.8, 4) is 5.69 Å². The van der Waals surface area contributed by atoms with Gasteiger partial charge in [0.05, 0.1) is 30.2 Å². The van der Waals surface area contributed by atoms with Crippen molar-refractivity contribution in [1.29, 1.82) is 0 Å². The smallest absolute Gasteiger partial charge is 0.317 e. The van der Waals surface area contributed by atoms with Gasteiger partial charge >= 0.3 is 6.03 Å². The molecule has 3 rings (SSSR count). The van der Waals surface area contributed by atoms with Crippen LogP contribution in [0.4, 0.5) is 4.79 Å². The first-order valence-corrected chi connectivity index (χ1v) is 8.63. The molecule has 0 saturated carbocycles. The summed E-state index contributed by atoms with van der Waals surface area (Å²) in [5.41, 5.74) is 1.98. The third-order valence-corrected chi connectivity index (χ3v) is 4.90. The maximum atomic E-state index is 12.5. The maximum absolute atomic E-state index is 12.5. The normalized spacial score (nSPS) is 21.8. The lowest BCUT2D eigenvalue weighted by molar-refractivity contribution is 0.00689. The van der Waals surface area contributed by atoms with E-state index in [2.05, 4.69) is 22.6 Å². The summed E-state index contributed by atoms with van der Waals surface area (Å²) in [5, 5.41) is 10.9. The summed E-state index contributed by atoms with van der Waals surface area (Å²) in [5.74, 6) is 0.482. The van der Waals surface area contributed by atoms with Crippen molar-refractivity contribution >= 4 is 6.03 Å². The number of nitrogens with one attached hydrogen (secondary N) is 1. The molecule has 1 aromatic heterocycles. The van der Waals surface area contributed by atoms with Crippen LogP contribution in [0.3, 0.4) is 0 Å². The summed E-state index contributed by atoms with van der Waals surface area (Å²) in [4.78, 5) is 14.4. The monoisotopic (exact) mass is 343 g/mol. The second-order valence-corrected chi connectivity index (χ2v) is 6.60. The first-order valence-electron chi connectivity index (χ1n) is 8.63. The number of likely N-dealkylation sites (tertiary alicyclic amines) is 1. The number of ether oxygens (including phenoxy) is 1. The van der Waals surface area contributed by atoms with Gasteiger partial charge in [-0.2, -0.15) is 0 Å². The highest BCUT2D eigenvalue weighted by molar-refractivity contribution is 5.74. The molecule has 1 aliphatic rings. The topological polar surface area (TPSA) is 72.3 Å². The van der Waals surface area contributed by atoms with Crippen molar-refractivity contribution in [2.75, 3.05) is 20.2 Å². The summed E-state index contributed by atoms with van der Waals surface area (Å²) in [6.07, 6.45) is 4.51. The van der Waals surface area contributed by atoms with Gasteiger partial charge in [-0.1, -0.05) is 24.3 Å². The molecule has 1 N–H and O–H groups in total. The number of nitrogens with zero attached hydrogens (tertiary/aromatic N) is 4. The highest BCUT2D eigenvalue weighted by atomic mass is 16.5. The van der Waals surface area contributed by atoms with Gasteiger partial charge in [0.2, 0.25) is 0 Å². The minimum absolute atomic E-state index is 0.0400. The van der Waals surface area contributed by atoms with Gasteiger partial charge in [-0.25, -0.2) is 9.48 Å². The zero-order valence-corrected chi connectivity index (χ0v) is 14.9. The number of benzene rings is 1. The third kappa shape index (κ3) is 3.99. The van der Waals surface area contributed by atoms with Crippen LogP contribution in [0.1, 0.15) is 31.9 Å². The van der Waals surface area contributed by atoms with Gasteiger partial charge in [0.25, 0.3) is 0 Å². The van der Waals surface area contributed by atoms with Gasteiger partial charge in [0.15, 0.2) is 0 Å². The number of amides is 2. The fraction of sp³-hybridized carbons (Fsp3) is 0.500. The van der Waals surface area contributed by atoms with Crippen LogP contribution in [0.5, 0.6) is 0 Å². The fourth-order valence-corrected chi connectivity index (χ4v) is 3.15. The number of carbonyl (C=O) groups excluding carboxylic acids is 1. The molecule has 1 saturated heterocycles. The lowest BCUT2D eigenvalue weighted by Crippen LogP contribution is -2.50. The highest BCUT2D eigenvalue weighted by Gasteiger charge is 2.29. The SMILES string of the molecule is CO[C@@H]1CN(C(=O)N[C@H](C)c2ccc(-n3ccnn3)cc2)CC[C@H]1C. The molecule has 0 unspecified atom stereocenters. The van der Waals surface area contributed by atoms with Crippen LogP contribution in [-0.4, -0.2) is 52.2 Å². The first kappa shape index (κ1) is 17.4. The molecule has 0 spiro atoms. The minimum Gasteiger partial charge on any atom is -0.379 e. The molecular formula is C18H25N5O2. The molecule has 1 aromatic carbocycles. The lowest BCUT2D eigenvalue weighted by atomic mass is 9.96. The van der Waals surface area contributed by atoms with Crippen molar-refractivity contribution in [2.24, 2.45) is 5.92 Å². The van der Waals surface area contributed by atoms with E-state index in [0.717, 1.165) is 24.2 Å². The molecule has 7 heteroatoms. The molecule has 1 fully saturated rings. The number of aromatic nitrogens is 3. The molecule has 1 aliphatic heterocycles. The molecule has 0 aliphatic carbocycles. The minimum atomic E-state index is -0.0716. The number of hydrogen-bond donors (Lipinski definition) is 1. The fourth-order valence-electron chi connectivity index (χ4n) is 3.15. The zero-order valence-electron chi connectivity index (χ0n) is 14.9. The molecule has 25 heavy (non-hydrogen) atoms. The summed E-state index contributed by atoms with van der Waals surface area (Å²) in [6, 6.07) is 7.82. The Balaban J connectivity index is 1.60. The Morgan fingerprint density at radius 2 is 2.12 bits per heavy atom. The van der Waals surface area contributed by atoms with E-state index in [0.29, 0.717) is 12.5 Å². The second-order valence-electron chi connectivity index (χ2n) is 6.60. The number of urea groups is 1. The quantitative estimate of drug-likeness (QED) is 0.925. The Morgan fingerprint density at radius 3 is 2.76 bits per heavy atom. The van der Waals surface area contributed by atoms with E-state index in [1.807, 2.05) is 36.1 Å². The van der Waals surface area contributed by atoms with E-state index in [-0.39, 0.29) is 18.2 Å². The van der Waals surface area contributed by atoms with Crippen molar-refractivity contribution in [1.82, 2.24) is 25.2 Å². The van der Waals surface area contributed by atoms with E-state index >= 15 is 0 Å². The first-order chi connectivity index (χ1) is 12.1. The van der Waals surface area contributed by atoms with Crippen molar-refractivity contribution in [3.63, 3.8) is 0 Å². The standard InChI is InChI=1S/C18H25N5O2/c1-13-8-10-22(12-17(13)25-3)18(24)20-14(2)15-4-6-16(7-5-15)23-11-9-19-21-23/h4-7,9,11,13-14,17H,8,10,12H2,1-3H3,(H,20,24)/t13-,14-,17-/m1/s1. The number of methoxy groups -OCH3 is 1. The average Bonchev–Trinajstić information content (AvgIpc) is 3.16. The molecule has 0 radical (unpaired) electrons. The predicted octanol–water partition coefficient (Wildman–Crippen LogP) is 2.39. The van der Waals surface area contributed by atoms with Gasteiger partial charge in [0, 0.05) is 20.2 Å². The van der Waals surface area contributed by atoms with Crippen LogP contribution in [0, 0.1) is 5.92 Å². The molecule has 2 heterocycles. The maximum Gasteiger partial charge on any atom is 0.317 e. The molecule has 0 bridgehead atoms. The van der Waals surface area contributed by atoms with Crippen LogP contribution in [0.25, 0.3) is 5.69 Å². The summed E-state index contributed by atoms with van der Waals surface area (Å²) in [6.45, 7) is 5.57. The predicted molar refractivity (Wildman–Crippen MR) is 94.5 cm³/mol. The van der Waals surface area contributed by atoms with Gasteiger partial charge in [-0.3, -0.25) is 0 Å². The summed E-state index contributed by atoms with van der Waals surface area (Å²) < 4.78 is 7.19. The van der Waals surface area contributed by atoms with Gasteiger partial charge < -0.3 is 15.0 Å². The van der Waals surface area contributed by atoms with Crippen LogP contribution in [0.15, 0.2) is 36.7 Å². The van der Waals surface area contributed by atoms with Crippen LogP contribution in [-0.2, 0) is 4.74 Å². The molecular weight excluding hydrogens is 318 g/mol. The molecule has 2 amide bonds. The van der Waals surface area contributed by atoms with Crippen LogP contribution >= 0.6 is 0 Å². The molecule has 134 valence electrons. The van der Waals surface area contributed by atoms with E-state index in [9.17, 15) is 4.79 Å². The van der Waals surface area contributed by atoms with E-state index < -0.39 is 0 Å². The number of rotatable bonds is 4. The Bertz CT molecular complexity index is 686. The Kier molecular flexibility index (Phi) is 5.33. The number of hydrogen-bond acceptors (Lipinski definition) is 4. The Hall–Kier alpha value is -2.41. The molecule has 3 atom stereocenters. The van der Waals surface area contributed by atoms with E-state index in [1.165, 1.54) is 0 Å². The van der Waals surface area contributed by atoms with E-state index in [1.54, 1.807) is 24.2 Å². The lowest BCUT2D eigenvalue weighted by Gasteiger charge is -2.36. The summed E-state index contributed by atoms with van der Waals surface area (Å²) in [7, 11) is 1.71. The van der Waals surface area contributed by atoms with E-state index in [4.69, 9.17) is 4.74 Å². The zero-order chi connectivity index (χ0) is 17.8. The van der Waals surface area contributed by atoms with Gasteiger partial charge in [-0.05, 0) is 37.0 Å². The van der Waals surface area contributed by atoms with Gasteiger partial charge in [0.1, 0.15) is 0 Å². The van der Waals surface area contributed by atoms with Crippen molar-refractivity contribution in [2.45, 2.75) is 32.4 Å². The van der Waals surface area contributed by atoms with Crippen molar-refractivity contribution < 1.29 is 9.53 Å². The number of carbonyl (C=O) groups is 1. The third-order valence-electron chi connectivity index (χ3n) is 4.90. The Labute approximate surface area is 148 Å². The van der Waals surface area contributed by atoms with Crippen LogP contribution < -0.4 is 5.32 Å². The molecule has 2 aromatic rings. The second kappa shape index (κ2) is 7.65. The van der Waals surface area contributed by atoms with Crippen LogP contribution in [0.2, 0.25) is 0 Å². The number of piperidine rings is 1. The molecule has 7 nitrogen and oxygen atoms in total. The van der Waals surface area contributed by atoms with Crippen molar-refractivity contribution in [3.05, 3.63) is 42.2 Å². The highest BCUT2D eigenvalue weighted by Crippen LogP contribution is 2.21.